The SMILES string of the molecule is CC(C)C(N)CC(=O)N[C@H](C)CO. The highest BCUT2D eigenvalue weighted by atomic mass is 16.3. The van der Waals surface area contributed by atoms with Gasteiger partial charge < -0.3 is 16.2 Å². The van der Waals surface area contributed by atoms with Crippen molar-refractivity contribution in [2.45, 2.75) is 39.3 Å². The van der Waals surface area contributed by atoms with Crippen molar-refractivity contribution in [2.75, 3.05) is 6.61 Å². The van der Waals surface area contributed by atoms with E-state index in [0.717, 1.165) is 0 Å². The van der Waals surface area contributed by atoms with Crippen LogP contribution in [0.15, 0.2) is 0 Å². The maximum absolute atomic E-state index is 11.2. The Morgan fingerprint density at radius 3 is 2.38 bits per heavy atom. The smallest absolute Gasteiger partial charge is 0.221 e. The van der Waals surface area contributed by atoms with Gasteiger partial charge in [0.15, 0.2) is 0 Å². The van der Waals surface area contributed by atoms with Crippen molar-refractivity contribution in [3.05, 3.63) is 0 Å². The average Bonchev–Trinajstić information content (AvgIpc) is 2.03. The lowest BCUT2D eigenvalue weighted by Crippen LogP contribution is -2.40. The van der Waals surface area contributed by atoms with Gasteiger partial charge in [0.05, 0.1) is 6.61 Å². The molecule has 0 aromatic rings. The number of carbonyl (C=O) groups is 1. The number of amides is 1. The fourth-order valence-corrected chi connectivity index (χ4v) is 0.829. The number of rotatable bonds is 5. The normalized spacial score (nSPS) is 15.5. The van der Waals surface area contributed by atoms with Gasteiger partial charge in [0.1, 0.15) is 0 Å². The molecule has 0 radical (unpaired) electrons. The van der Waals surface area contributed by atoms with Gasteiger partial charge in [-0.3, -0.25) is 4.79 Å². The zero-order chi connectivity index (χ0) is 10.4. The highest BCUT2D eigenvalue weighted by Crippen LogP contribution is 2.02. The molecule has 0 aliphatic carbocycles. The lowest BCUT2D eigenvalue weighted by atomic mass is 10.0. The first-order chi connectivity index (χ1) is 5.97. The Balaban J connectivity index is 3.74. The molecule has 0 aliphatic heterocycles. The maximum atomic E-state index is 11.2. The number of nitrogens with two attached hydrogens (primary N) is 1. The number of aliphatic hydroxyl groups excluding tert-OH is 1. The lowest BCUT2D eigenvalue weighted by Gasteiger charge is -2.16. The van der Waals surface area contributed by atoms with Crippen LogP contribution in [0.5, 0.6) is 0 Å². The van der Waals surface area contributed by atoms with Crippen molar-refractivity contribution in [3.63, 3.8) is 0 Å². The van der Waals surface area contributed by atoms with E-state index in [1.807, 2.05) is 13.8 Å². The zero-order valence-corrected chi connectivity index (χ0v) is 8.58. The predicted octanol–water partition coefficient (Wildman–Crippen LogP) is -0.143. The van der Waals surface area contributed by atoms with Crippen molar-refractivity contribution in [2.24, 2.45) is 11.7 Å². The van der Waals surface area contributed by atoms with Crippen LogP contribution in [0.25, 0.3) is 0 Å². The van der Waals surface area contributed by atoms with Gasteiger partial charge in [-0.05, 0) is 12.8 Å². The summed E-state index contributed by atoms with van der Waals surface area (Å²) in [4.78, 5) is 11.2. The van der Waals surface area contributed by atoms with Crippen LogP contribution in [0.2, 0.25) is 0 Å². The summed E-state index contributed by atoms with van der Waals surface area (Å²) in [6.07, 6.45) is 0.321. The molecule has 0 fully saturated rings. The summed E-state index contributed by atoms with van der Waals surface area (Å²) < 4.78 is 0. The Kier molecular flexibility index (Phi) is 5.66. The van der Waals surface area contributed by atoms with Crippen molar-refractivity contribution < 1.29 is 9.90 Å². The van der Waals surface area contributed by atoms with E-state index in [-0.39, 0.29) is 24.6 Å². The second kappa shape index (κ2) is 5.94. The molecule has 0 aliphatic rings. The Morgan fingerprint density at radius 2 is 2.00 bits per heavy atom. The fraction of sp³-hybridized carbons (Fsp3) is 0.889. The molecule has 4 heteroatoms. The monoisotopic (exact) mass is 188 g/mol. The van der Waals surface area contributed by atoms with Crippen molar-refractivity contribution in [1.82, 2.24) is 5.32 Å². The highest BCUT2D eigenvalue weighted by molar-refractivity contribution is 5.76. The number of hydrogen-bond donors (Lipinski definition) is 3. The molecule has 1 unspecified atom stereocenters. The topological polar surface area (TPSA) is 75.4 Å². The van der Waals surface area contributed by atoms with Crippen LogP contribution in [-0.4, -0.2) is 29.7 Å². The van der Waals surface area contributed by atoms with Gasteiger partial charge in [-0.1, -0.05) is 13.8 Å². The molecular formula is C9H20N2O2. The first-order valence-corrected chi connectivity index (χ1v) is 4.63. The number of nitrogens with one attached hydrogen (secondary N) is 1. The van der Waals surface area contributed by atoms with Gasteiger partial charge >= 0.3 is 0 Å². The number of hydrogen-bond acceptors (Lipinski definition) is 3. The first-order valence-electron chi connectivity index (χ1n) is 4.63. The molecule has 0 heterocycles. The summed E-state index contributed by atoms with van der Waals surface area (Å²) >= 11 is 0. The van der Waals surface area contributed by atoms with E-state index in [0.29, 0.717) is 12.3 Å². The number of aliphatic hydroxyl groups is 1. The van der Waals surface area contributed by atoms with E-state index in [1.165, 1.54) is 0 Å². The van der Waals surface area contributed by atoms with E-state index in [1.54, 1.807) is 6.92 Å². The predicted molar refractivity (Wildman–Crippen MR) is 52.1 cm³/mol. The fourth-order valence-electron chi connectivity index (χ4n) is 0.829. The molecule has 4 nitrogen and oxygen atoms in total. The van der Waals surface area contributed by atoms with E-state index < -0.39 is 0 Å². The molecule has 0 saturated carbocycles. The Hall–Kier alpha value is -0.610. The van der Waals surface area contributed by atoms with Crippen LogP contribution in [0, 0.1) is 5.92 Å². The van der Waals surface area contributed by atoms with E-state index >= 15 is 0 Å². The molecule has 1 amide bonds. The minimum Gasteiger partial charge on any atom is -0.394 e. The quantitative estimate of drug-likeness (QED) is 0.562. The van der Waals surface area contributed by atoms with Gasteiger partial charge in [0, 0.05) is 18.5 Å². The number of carbonyl (C=O) groups excluding carboxylic acids is 1. The van der Waals surface area contributed by atoms with Crippen molar-refractivity contribution in [3.8, 4) is 0 Å². The minimum atomic E-state index is -0.188. The lowest BCUT2D eigenvalue weighted by molar-refractivity contribution is -0.122. The van der Waals surface area contributed by atoms with Crippen LogP contribution < -0.4 is 11.1 Å². The van der Waals surface area contributed by atoms with Crippen LogP contribution in [-0.2, 0) is 4.79 Å². The summed E-state index contributed by atoms with van der Waals surface area (Å²) in [6.45, 7) is 5.67. The van der Waals surface area contributed by atoms with Gasteiger partial charge in [-0.25, -0.2) is 0 Å². The van der Waals surface area contributed by atoms with Crippen LogP contribution >= 0.6 is 0 Å². The van der Waals surface area contributed by atoms with Gasteiger partial charge in [-0.15, -0.1) is 0 Å². The maximum Gasteiger partial charge on any atom is 0.221 e. The van der Waals surface area contributed by atoms with E-state index in [9.17, 15) is 4.79 Å². The Bertz CT molecular complexity index is 160. The molecule has 0 spiro atoms. The van der Waals surface area contributed by atoms with Crippen LogP contribution in [0.4, 0.5) is 0 Å². The van der Waals surface area contributed by atoms with Gasteiger partial charge in [-0.2, -0.15) is 0 Å². The molecule has 78 valence electrons. The minimum absolute atomic E-state index is 0.0390. The molecule has 0 saturated heterocycles. The standard InChI is InChI=1S/C9H20N2O2/c1-6(2)8(10)4-9(13)11-7(3)5-12/h6-8,12H,4-5,10H2,1-3H3,(H,11,13)/t7-,8?/m1/s1. The molecule has 4 N–H and O–H groups in total. The third kappa shape index (κ3) is 5.60. The van der Waals surface area contributed by atoms with Crippen molar-refractivity contribution in [1.29, 1.82) is 0 Å². The van der Waals surface area contributed by atoms with Gasteiger partial charge in [0.2, 0.25) is 5.91 Å². The molecule has 0 rings (SSSR count). The van der Waals surface area contributed by atoms with E-state index in [2.05, 4.69) is 5.32 Å². The summed E-state index contributed by atoms with van der Waals surface area (Å²) in [5.41, 5.74) is 5.71. The molecule has 0 aromatic carbocycles. The average molecular weight is 188 g/mol. The van der Waals surface area contributed by atoms with E-state index in [4.69, 9.17) is 10.8 Å². The second-order valence-electron chi connectivity index (χ2n) is 3.76. The first kappa shape index (κ1) is 12.4. The summed E-state index contributed by atoms with van der Waals surface area (Å²) in [5, 5.41) is 11.3. The summed E-state index contributed by atoms with van der Waals surface area (Å²) in [6, 6.07) is -0.294. The molecule has 2 atom stereocenters. The summed E-state index contributed by atoms with van der Waals surface area (Å²) in [5.74, 6) is 0.206. The third-order valence-electron chi connectivity index (χ3n) is 1.96. The third-order valence-corrected chi connectivity index (χ3v) is 1.96. The van der Waals surface area contributed by atoms with Crippen LogP contribution in [0.1, 0.15) is 27.2 Å². The zero-order valence-electron chi connectivity index (χ0n) is 8.58. The molecule has 0 bridgehead atoms. The van der Waals surface area contributed by atoms with Crippen LogP contribution in [0.3, 0.4) is 0 Å². The molecule has 13 heavy (non-hydrogen) atoms. The second-order valence-corrected chi connectivity index (χ2v) is 3.76. The van der Waals surface area contributed by atoms with Gasteiger partial charge in [0.25, 0.3) is 0 Å². The van der Waals surface area contributed by atoms with Crippen molar-refractivity contribution >= 4 is 5.91 Å². The Labute approximate surface area is 79.5 Å². The Morgan fingerprint density at radius 1 is 1.46 bits per heavy atom. The highest BCUT2D eigenvalue weighted by Gasteiger charge is 2.13. The summed E-state index contributed by atoms with van der Waals surface area (Å²) in [7, 11) is 0. The molecule has 0 aromatic heterocycles. The molecular weight excluding hydrogens is 168 g/mol. The largest absolute Gasteiger partial charge is 0.394 e.